The molecule has 0 saturated carbocycles. The smallest absolute Gasteiger partial charge is 0.264 e. The second-order valence-corrected chi connectivity index (χ2v) is 12.0. The highest BCUT2D eigenvalue weighted by atomic mass is 16.5. The summed E-state index contributed by atoms with van der Waals surface area (Å²) < 4.78 is 14.3. The first-order valence-electron chi connectivity index (χ1n) is 15.0. The van der Waals surface area contributed by atoms with Gasteiger partial charge in [-0.05, 0) is 80.8 Å². The predicted octanol–water partition coefficient (Wildman–Crippen LogP) is 7.26. The topological polar surface area (TPSA) is 87.2 Å². The normalized spacial score (nSPS) is 12.7. The van der Waals surface area contributed by atoms with E-state index in [9.17, 15) is 9.59 Å². The van der Waals surface area contributed by atoms with Gasteiger partial charge in [0.1, 0.15) is 22.8 Å². The number of hydrogen-bond donors (Lipinski definition) is 0. The number of fused-ring (bicyclic) bond motifs is 10. The second kappa shape index (κ2) is 7.86. The monoisotopic (exact) mass is 596 g/mol. The van der Waals surface area contributed by atoms with E-state index in [0.717, 1.165) is 64.9 Å². The lowest BCUT2D eigenvalue weighted by Gasteiger charge is -2.18. The lowest BCUT2D eigenvalue weighted by molar-refractivity contribution is 0.415. The van der Waals surface area contributed by atoms with Crippen LogP contribution in [0.15, 0.2) is 94.5 Å². The van der Waals surface area contributed by atoms with Crippen molar-refractivity contribution in [3.63, 3.8) is 0 Å². The second-order valence-electron chi connectivity index (χ2n) is 12.0. The molecule has 7 aromatic carbocycles. The van der Waals surface area contributed by atoms with Gasteiger partial charge in [-0.25, -0.2) is 9.97 Å². The molecule has 0 unspecified atom stereocenters. The van der Waals surface area contributed by atoms with E-state index in [-0.39, 0.29) is 11.1 Å². The standard InChI is InChI=1S/C38H20N4O4/c1-45-17-3-13-29-27(15-17)39-35-23-9-5-19-20-6-10-24-34-26(38(44)42-30-14-4-18(46-2)16-28(30)40-36(24)42)12-8-22(32(20)34)21-7-11-25(33(23)31(19)21)37(43)41(29)35/h3-16H,1-2H3. The van der Waals surface area contributed by atoms with Crippen LogP contribution in [0.4, 0.5) is 0 Å². The largest absolute Gasteiger partial charge is 0.497 e. The Kier molecular flexibility index (Phi) is 4.12. The molecule has 8 heteroatoms. The van der Waals surface area contributed by atoms with Crippen molar-refractivity contribution >= 4 is 98.0 Å². The fraction of sp³-hybridized carbons (Fsp3) is 0.0526. The summed E-state index contributed by atoms with van der Waals surface area (Å²) >= 11 is 0. The molecule has 0 fully saturated rings. The molecule has 0 saturated heterocycles. The number of imidazole rings is 2. The van der Waals surface area contributed by atoms with E-state index in [1.807, 2.05) is 48.5 Å². The van der Waals surface area contributed by atoms with Crippen LogP contribution in [0, 0.1) is 0 Å². The Balaban J connectivity index is 1.33. The van der Waals surface area contributed by atoms with Crippen molar-refractivity contribution in [1.82, 2.24) is 18.8 Å². The minimum atomic E-state index is -0.101. The molecule has 216 valence electrons. The molecule has 0 aliphatic heterocycles. The molecule has 0 spiro atoms. The summed E-state index contributed by atoms with van der Waals surface area (Å²) in [5.74, 6) is 1.38. The summed E-state index contributed by atoms with van der Waals surface area (Å²) in [5, 5.41) is 11.1. The summed E-state index contributed by atoms with van der Waals surface area (Å²) in [5.41, 5.74) is 3.96. The maximum absolute atomic E-state index is 14.1. The molecule has 0 radical (unpaired) electrons. The molecule has 46 heavy (non-hydrogen) atoms. The lowest BCUT2D eigenvalue weighted by Crippen LogP contribution is -2.14. The van der Waals surface area contributed by atoms with E-state index in [2.05, 4.69) is 36.4 Å². The van der Waals surface area contributed by atoms with Crippen LogP contribution < -0.4 is 20.6 Å². The van der Waals surface area contributed by atoms with Gasteiger partial charge in [-0.3, -0.25) is 18.4 Å². The molecule has 11 rings (SSSR count). The SMILES string of the molecule is COc1ccc2c(c1)nc1c3ccc4c5ccc6c7c(ccc(c8ccc(c(=O)n21)c3c84)c57)c(=O)n1c2ccc(OC)cc2nc61. The average Bonchev–Trinajstić information content (AvgIpc) is 3.67. The van der Waals surface area contributed by atoms with Gasteiger partial charge in [-0.1, -0.05) is 24.3 Å². The number of rotatable bonds is 2. The molecule has 0 aliphatic rings. The van der Waals surface area contributed by atoms with E-state index in [1.54, 1.807) is 23.0 Å². The number of ether oxygens (including phenoxy) is 2. The fourth-order valence-electron chi connectivity index (χ4n) is 8.01. The van der Waals surface area contributed by atoms with Crippen LogP contribution in [-0.2, 0) is 0 Å². The first kappa shape index (κ1) is 24.1. The van der Waals surface area contributed by atoms with Crippen LogP contribution in [0.1, 0.15) is 0 Å². The number of aromatic nitrogens is 4. The Hall–Kier alpha value is -6.28. The van der Waals surface area contributed by atoms with E-state index in [0.29, 0.717) is 44.6 Å². The van der Waals surface area contributed by atoms with Crippen molar-refractivity contribution in [1.29, 1.82) is 0 Å². The average molecular weight is 597 g/mol. The minimum Gasteiger partial charge on any atom is -0.497 e. The number of benzene rings is 7. The zero-order chi connectivity index (χ0) is 30.6. The molecule has 4 aromatic heterocycles. The molecular weight excluding hydrogens is 576 g/mol. The third-order valence-corrected chi connectivity index (χ3v) is 9.97. The Bertz CT molecular complexity index is 3030. The number of methoxy groups -OCH3 is 2. The van der Waals surface area contributed by atoms with Crippen LogP contribution in [0.5, 0.6) is 11.5 Å². The molecule has 8 nitrogen and oxygen atoms in total. The Morgan fingerprint density at radius 2 is 0.804 bits per heavy atom. The van der Waals surface area contributed by atoms with Gasteiger partial charge < -0.3 is 9.47 Å². The first-order chi connectivity index (χ1) is 22.6. The van der Waals surface area contributed by atoms with Crippen molar-refractivity contribution in [3.8, 4) is 11.5 Å². The van der Waals surface area contributed by atoms with Gasteiger partial charge in [0.15, 0.2) is 0 Å². The van der Waals surface area contributed by atoms with Crippen LogP contribution >= 0.6 is 0 Å². The molecule has 0 bridgehead atoms. The Labute approximate surface area is 257 Å². The molecule has 4 heterocycles. The minimum absolute atomic E-state index is 0.101. The summed E-state index contributed by atoms with van der Waals surface area (Å²) in [6.45, 7) is 0. The summed E-state index contributed by atoms with van der Waals surface area (Å²) in [4.78, 5) is 38.1. The van der Waals surface area contributed by atoms with Crippen LogP contribution in [0.3, 0.4) is 0 Å². The van der Waals surface area contributed by atoms with Gasteiger partial charge in [0.2, 0.25) is 0 Å². The number of pyridine rings is 2. The molecule has 0 atom stereocenters. The van der Waals surface area contributed by atoms with Crippen LogP contribution in [0.25, 0.3) is 98.0 Å². The maximum Gasteiger partial charge on any atom is 0.264 e. The molecule has 0 aliphatic carbocycles. The van der Waals surface area contributed by atoms with Gasteiger partial charge in [-0.15, -0.1) is 0 Å². The third kappa shape index (κ3) is 2.61. The predicted molar refractivity (Wildman–Crippen MR) is 183 cm³/mol. The van der Waals surface area contributed by atoms with Crippen molar-refractivity contribution < 1.29 is 9.47 Å². The summed E-state index contributed by atoms with van der Waals surface area (Å²) in [6.07, 6.45) is 0. The van der Waals surface area contributed by atoms with E-state index < -0.39 is 0 Å². The number of nitrogens with zero attached hydrogens (tertiary/aromatic N) is 4. The Morgan fingerprint density at radius 3 is 1.20 bits per heavy atom. The lowest BCUT2D eigenvalue weighted by atomic mass is 9.86. The quantitative estimate of drug-likeness (QED) is 0.154. The van der Waals surface area contributed by atoms with E-state index >= 15 is 0 Å². The number of hydrogen-bond acceptors (Lipinski definition) is 6. The van der Waals surface area contributed by atoms with Crippen molar-refractivity contribution in [2.45, 2.75) is 0 Å². The first-order valence-corrected chi connectivity index (χ1v) is 15.0. The third-order valence-electron chi connectivity index (χ3n) is 9.97. The maximum atomic E-state index is 14.1. The highest BCUT2D eigenvalue weighted by molar-refractivity contribution is 6.40. The summed E-state index contributed by atoms with van der Waals surface area (Å²) in [6, 6.07) is 27.6. The van der Waals surface area contributed by atoms with Gasteiger partial charge in [0.05, 0.1) is 36.3 Å². The zero-order valence-electron chi connectivity index (χ0n) is 24.5. The van der Waals surface area contributed by atoms with Gasteiger partial charge in [0, 0.05) is 44.5 Å². The zero-order valence-corrected chi connectivity index (χ0v) is 24.5. The summed E-state index contributed by atoms with van der Waals surface area (Å²) in [7, 11) is 3.24. The van der Waals surface area contributed by atoms with E-state index in [4.69, 9.17) is 19.4 Å². The highest BCUT2D eigenvalue weighted by Gasteiger charge is 2.24. The van der Waals surface area contributed by atoms with Gasteiger partial charge in [-0.2, -0.15) is 0 Å². The fourth-order valence-corrected chi connectivity index (χ4v) is 8.01. The van der Waals surface area contributed by atoms with Crippen molar-refractivity contribution in [2.75, 3.05) is 14.2 Å². The van der Waals surface area contributed by atoms with E-state index in [1.165, 1.54) is 0 Å². The molecule has 0 amide bonds. The van der Waals surface area contributed by atoms with Crippen molar-refractivity contribution in [2.24, 2.45) is 0 Å². The van der Waals surface area contributed by atoms with Gasteiger partial charge >= 0.3 is 0 Å². The molecule has 0 N–H and O–H groups in total. The highest BCUT2D eigenvalue weighted by Crippen LogP contribution is 2.45. The molecule has 11 aromatic rings. The van der Waals surface area contributed by atoms with Crippen LogP contribution in [0.2, 0.25) is 0 Å². The Morgan fingerprint density at radius 1 is 0.457 bits per heavy atom. The van der Waals surface area contributed by atoms with Crippen LogP contribution in [-0.4, -0.2) is 33.0 Å². The van der Waals surface area contributed by atoms with Gasteiger partial charge in [0.25, 0.3) is 11.1 Å². The van der Waals surface area contributed by atoms with Crippen molar-refractivity contribution in [3.05, 3.63) is 106 Å². The molecular formula is C38H20N4O4.